The lowest BCUT2D eigenvalue weighted by Crippen LogP contribution is -2.42. The third-order valence-corrected chi connectivity index (χ3v) is 6.71. The molecule has 0 aliphatic carbocycles. The van der Waals surface area contributed by atoms with E-state index in [9.17, 15) is 14.0 Å². The van der Waals surface area contributed by atoms with Gasteiger partial charge in [0.15, 0.2) is 11.5 Å². The highest BCUT2D eigenvalue weighted by Gasteiger charge is 2.35. The zero-order chi connectivity index (χ0) is 26.5. The number of likely N-dealkylation sites (N-methyl/N-ethyl adjacent to an activating group) is 1. The van der Waals surface area contributed by atoms with Gasteiger partial charge in [0, 0.05) is 62.6 Å². The fourth-order valence-corrected chi connectivity index (χ4v) is 4.97. The average molecular weight is 510 g/mol. The molecule has 1 saturated heterocycles. The monoisotopic (exact) mass is 509 g/mol. The fraction of sp³-hybridized carbons (Fsp3) is 0.462. The number of rotatable bonds is 3. The highest BCUT2D eigenvalue weighted by atomic mass is 19.1. The standard InChI is InChI=1S/C26H32FN7O3/c1-16-13-33-14-17(12-20(27)23(33)29-16)30-24(35)34-11-8-19-21(6-9-28-22(19)34)32-10-7-18(15-32)31(5)25(36)37-26(2,3)4/h6,9,12-14,18H,7-8,10-11,15H2,1-5H3,(H,30,35)/t18-/m1/s1. The molecular weight excluding hydrogens is 477 g/mol. The zero-order valence-electron chi connectivity index (χ0n) is 21.8. The summed E-state index contributed by atoms with van der Waals surface area (Å²) in [4.78, 5) is 39.8. The van der Waals surface area contributed by atoms with Crippen LogP contribution < -0.4 is 15.1 Å². The molecule has 2 aliphatic rings. The molecule has 0 saturated carbocycles. The Morgan fingerprint density at radius 3 is 2.78 bits per heavy atom. The Balaban J connectivity index is 1.30. The summed E-state index contributed by atoms with van der Waals surface area (Å²) in [6.45, 7) is 9.27. The summed E-state index contributed by atoms with van der Waals surface area (Å²) in [6, 6.07) is 2.88. The van der Waals surface area contributed by atoms with Crippen LogP contribution in [0.1, 0.15) is 38.4 Å². The van der Waals surface area contributed by atoms with E-state index in [4.69, 9.17) is 4.74 Å². The third-order valence-electron chi connectivity index (χ3n) is 6.71. The molecule has 1 atom stereocenters. The summed E-state index contributed by atoms with van der Waals surface area (Å²) in [5.41, 5.74) is 2.70. The minimum Gasteiger partial charge on any atom is -0.444 e. The number of ether oxygens (including phenoxy) is 1. The number of nitrogens with one attached hydrogen (secondary N) is 1. The summed E-state index contributed by atoms with van der Waals surface area (Å²) in [7, 11) is 1.77. The number of urea groups is 1. The Morgan fingerprint density at radius 2 is 2.03 bits per heavy atom. The van der Waals surface area contributed by atoms with Crippen LogP contribution in [0, 0.1) is 12.7 Å². The second-order valence-corrected chi connectivity index (χ2v) is 10.6. The van der Waals surface area contributed by atoms with Crippen molar-refractivity contribution in [2.45, 2.75) is 52.2 Å². The van der Waals surface area contributed by atoms with Gasteiger partial charge in [-0.25, -0.2) is 23.9 Å². The van der Waals surface area contributed by atoms with Crippen molar-refractivity contribution >= 4 is 35.0 Å². The number of carbonyl (C=O) groups is 2. The summed E-state index contributed by atoms with van der Waals surface area (Å²) >= 11 is 0. The van der Waals surface area contributed by atoms with Crippen molar-refractivity contribution in [3.8, 4) is 0 Å². The summed E-state index contributed by atoms with van der Waals surface area (Å²) in [5.74, 6) is 0.0899. The maximum Gasteiger partial charge on any atom is 0.410 e. The second kappa shape index (κ2) is 9.20. The molecule has 0 aromatic carbocycles. The first-order chi connectivity index (χ1) is 17.5. The SMILES string of the molecule is Cc1cn2cc(NC(=O)N3CCc4c(N5CC[C@@H](N(C)C(=O)OC(C)(C)C)C5)ccnc43)cc(F)c2n1. The summed E-state index contributed by atoms with van der Waals surface area (Å²) in [6.07, 6.45) is 6.19. The van der Waals surface area contributed by atoms with Gasteiger partial charge >= 0.3 is 12.1 Å². The number of nitrogens with zero attached hydrogens (tertiary/aromatic N) is 6. The van der Waals surface area contributed by atoms with Crippen LogP contribution in [-0.4, -0.2) is 69.7 Å². The first-order valence-corrected chi connectivity index (χ1v) is 12.4. The lowest BCUT2D eigenvalue weighted by Gasteiger charge is -2.29. The van der Waals surface area contributed by atoms with Crippen LogP contribution in [0.5, 0.6) is 0 Å². The number of amides is 3. The number of aryl methyl sites for hydroxylation is 1. The number of imidazole rings is 1. The Bertz CT molecular complexity index is 1370. The van der Waals surface area contributed by atoms with Crippen molar-refractivity contribution in [1.29, 1.82) is 0 Å². The number of anilines is 3. The van der Waals surface area contributed by atoms with E-state index >= 15 is 0 Å². The van der Waals surface area contributed by atoms with E-state index in [0.717, 1.165) is 24.2 Å². The van der Waals surface area contributed by atoms with E-state index < -0.39 is 11.4 Å². The molecule has 1 fully saturated rings. The van der Waals surface area contributed by atoms with Gasteiger partial charge in [0.05, 0.1) is 17.4 Å². The zero-order valence-corrected chi connectivity index (χ0v) is 21.8. The molecule has 10 nitrogen and oxygen atoms in total. The van der Waals surface area contributed by atoms with Gasteiger partial charge in [0.25, 0.3) is 0 Å². The molecule has 3 aromatic heterocycles. The van der Waals surface area contributed by atoms with Gasteiger partial charge < -0.3 is 24.3 Å². The highest BCUT2D eigenvalue weighted by Crippen LogP contribution is 2.36. The molecule has 37 heavy (non-hydrogen) atoms. The van der Waals surface area contributed by atoms with E-state index in [1.54, 1.807) is 46.8 Å². The molecule has 11 heteroatoms. The number of hydrogen-bond donors (Lipinski definition) is 1. The smallest absolute Gasteiger partial charge is 0.410 e. The Kier molecular flexibility index (Phi) is 6.17. The van der Waals surface area contributed by atoms with Crippen molar-refractivity contribution in [3.05, 3.63) is 47.8 Å². The normalized spacial score (nSPS) is 17.3. The lowest BCUT2D eigenvalue weighted by atomic mass is 10.1. The molecule has 0 bridgehead atoms. The van der Waals surface area contributed by atoms with Gasteiger partial charge in [-0.2, -0.15) is 0 Å². The number of halogens is 1. The largest absolute Gasteiger partial charge is 0.444 e. The predicted octanol–water partition coefficient (Wildman–Crippen LogP) is 4.22. The minimum absolute atomic E-state index is 0.0242. The number of hydrogen-bond acceptors (Lipinski definition) is 6. The molecule has 5 rings (SSSR count). The maximum absolute atomic E-state index is 14.5. The van der Waals surface area contributed by atoms with Crippen molar-refractivity contribution in [1.82, 2.24) is 19.3 Å². The van der Waals surface area contributed by atoms with Crippen molar-refractivity contribution in [2.24, 2.45) is 0 Å². The van der Waals surface area contributed by atoms with Gasteiger partial charge in [0.2, 0.25) is 0 Å². The van der Waals surface area contributed by atoms with E-state index in [1.165, 1.54) is 6.07 Å². The van der Waals surface area contributed by atoms with Gasteiger partial charge in [-0.05, 0) is 46.6 Å². The number of fused-ring (bicyclic) bond motifs is 2. The summed E-state index contributed by atoms with van der Waals surface area (Å²) < 4.78 is 21.6. The van der Waals surface area contributed by atoms with Crippen LogP contribution in [0.2, 0.25) is 0 Å². The molecule has 0 radical (unpaired) electrons. The minimum atomic E-state index is -0.547. The third kappa shape index (κ3) is 4.90. The number of pyridine rings is 2. The number of carbonyl (C=O) groups excluding carboxylic acids is 2. The quantitative estimate of drug-likeness (QED) is 0.568. The average Bonchev–Trinajstić information content (AvgIpc) is 3.55. The van der Waals surface area contributed by atoms with E-state index in [0.29, 0.717) is 36.7 Å². The topological polar surface area (TPSA) is 95.3 Å². The molecule has 3 aromatic rings. The highest BCUT2D eigenvalue weighted by molar-refractivity contribution is 6.03. The van der Waals surface area contributed by atoms with Crippen LogP contribution in [-0.2, 0) is 11.2 Å². The molecule has 196 valence electrons. The van der Waals surface area contributed by atoms with Crippen molar-refractivity contribution in [3.63, 3.8) is 0 Å². The molecule has 2 aliphatic heterocycles. The van der Waals surface area contributed by atoms with Crippen LogP contribution in [0.3, 0.4) is 0 Å². The van der Waals surface area contributed by atoms with E-state index in [-0.39, 0.29) is 23.8 Å². The van der Waals surface area contributed by atoms with Crippen LogP contribution >= 0.6 is 0 Å². The van der Waals surface area contributed by atoms with E-state index in [1.807, 2.05) is 26.8 Å². The summed E-state index contributed by atoms with van der Waals surface area (Å²) in [5, 5.41) is 2.80. The van der Waals surface area contributed by atoms with Crippen molar-refractivity contribution < 1.29 is 18.7 Å². The van der Waals surface area contributed by atoms with Gasteiger partial charge in [-0.1, -0.05) is 0 Å². The Hall–Kier alpha value is -3.89. The molecule has 1 N–H and O–H groups in total. The molecular formula is C26H32FN7O3. The van der Waals surface area contributed by atoms with Crippen molar-refractivity contribution in [2.75, 3.05) is 41.8 Å². The predicted molar refractivity (Wildman–Crippen MR) is 139 cm³/mol. The van der Waals surface area contributed by atoms with Crippen LogP contribution in [0.15, 0.2) is 30.7 Å². The maximum atomic E-state index is 14.5. The molecule has 3 amide bonds. The fourth-order valence-electron chi connectivity index (χ4n) is 4.97. The first-order valence-electron chi connectivity index (χ1n) is 12.4. The Morgan fingerprint density at radius 1 is 1.24 bits per heavy atom. The molecule has 0 unspecified atom stereocenters. The second-order valence-electron chi connectivity index (χ2n) is 10.6. The van der Waals surface area contributed by atoms with Gasteiger partial charge in [-0.3, -0.25) is 4.90 Å². The lowest BCUT2D eigenvalue weighted by molar-refractivity contribution is 0.0238. The van der Waals surface area contributed by atoms with Crippen LogP contribution in [0.25, 0.3) is 5.65 Å². The molecule has 5 heterocycles. The van der Waals surface area contributed by atoms with Crippen LogP contribution in [0.4, 0.5) is 31.2 Å². The number of aromatic nitrogens is 3. The van der Waals surface area contributed by atoms with Gasteiger partial charge in [-0.15, -0.1) is 0 Å². The first kappa shape index (κ1) is 24.8. The van der Waals surface area contributed by atoms with Gasteiger partial charge in [0.1, 0.15) is 11.4 Å². The Labute approximate surface area is 215 Å². The van der Waals surface area contributed by atoms with E-state index in [2.05, 4.69) is 20.2 Å². The molecule has 0 spiro atoms.